The predicted octanol–water partition coefficient (Wildman–Crippen LogP) is 4.02. The van der Waals surface area contributed by atoms with E-state index in [4.69, 9.17) is 4.74 Å². The van der Waals surface area contributed by atoms with Gasteiger partial charge in [-0.3, -0.25) is 14.6 Å². The Morgan fingerprint density at radius 3 is 2.55 bits per heavy atom. The number of hydrogen-bond donors (Lipinski definition) is 1. The minimum absolute atomic E-state index is 0.108. The summed E-state index contributed by atoms with van der Waals surface area (Å²) in [6, 6.07) is 16.9. The lowest BCUT2D eigenvalue weighted by molar-refractivity contribution is -0.126. The first kappa shape index (κ1) is 23.6. The smallest absolute Gasteiger partial charge is 0.237 e. The Labute approximate surface area is 191 Å². The largest absolute Gasteiger partial charge is 0.496 e. The highest BCUT2D eigenvalue weighted by molar-refractivity contribution is 7.98. The minimum atomic E-state index is -0.187. The summed E-state index contributed by atoms with van der Waals surface area (Å²) in [6.45, 7) is 5.71. The molecule has 31 heavy (non-hydrogen) atoms. The molecule has 1 fully saturated rings. The number of methoxy groups -OCH3 is 1. The van der Waals surface area contributed by atoms with Crippen LogP contribution in [0.25, 0.3) is 0 Å². The second-order valence-electron chi connectivity index (χ2n) is 8.33. The molecule has 1 N–H and O–H groups in total. The molecular weight excluding hydrogens is 406 g/mol. The van der Waals surface area contributed by atoms with Crippen molar-refractivity contribution in [1.82, 2.24) is 15.1 Å². The molecule has 1 atom stereocenters. The summed E-state index contributed by atoms with van der Waals surface area (Å²) in [5.41, 5.74) is 2.49. The summed E-state index contributed by atoms with van der Waals surface area (Å²) in [4.78, 5) is 18.5. The third kappa shape index (κ3) is 6.73. The Morgan fingerprint density at radius 2 is 1.90 bits per heavy atom. The first-order chi connectivity index (χ1) is 15.0. The lowest BCUT2D eigenvalue weighted by Gasteiger charge is -2.33. The molecule has 1 amide bonds. The van der Waals surface area contributed by atoms with Crippen LogP contribution in [-0.4, -0.2) is 61.3 Å². The normalized spacial score (nSPS) is 16.3. The van der Waals surface area contributed by atoms with E-state index in [0.29, 0.717) is 6.54 Å². The van der Waals surface area contributed by atoms with Gasteiger partial charge in [-0.25, -0.2) is 0 Å². The maximum Gasteiger partial charge on any atom is 0.237 e. The maximum absolute atomic E-state index is 12.8. The Balaban J connectivity index is 1.46. The fourth-order valence-corrected chi connectivity index (χ4v) is 4.55. The Hall–Kier alpha value is -2.02. The van der Waals surface area contributed by atoms with Gasteiger partial charge in [0.1, 0.15) is 5.75 Å². The molecule has 1 aliphatic rings. The topological polar surface area (TPSA) is 44.8 Å². The van der Waals surface area contributed by atoms with Gasteiger partial charge in [0.05, 0.1) is 13.2 Å². The molecule has 0 saturated carbocycles. The molecule has 1 saturated heterocycles. The molecule has 1 aliphatic heterocycles. The van der Waals surface area contributed by atoms with E-state index in [0.717, 1.165) is 48.7 Å². The minimum Gasteiger partial charge on any atom is -0.496 e. The summed E-state index contributed by atoms with van der Waals surface area (Å²) in [5, 5.41) is 3.28. The fraction of sp³-hybridized carbons (Fsp3) is 0.480. The molecule has 0 spiro atoms. The van der Waals surface area contributed by atoms with Crippen molar-refractivity contribution in [3.8, 4) is 5.75 Å². The summed E-state index contributed by atoms with van der Waals surface area (Å²) in [7, 11) is 3.70. The van der Waals surface area contributed by atoms with Gasteiger partial charge < -0.3 is 10.1 Å². The van der Waals surface area contributed by atoms with Crippen molar-refractivity contribution in [3.63, 3.8) is 0 Å². The van der Waals surface area contributed by atoms with Crippen molar-refractivity contribution in [1.29, 1.82) is 0 Å². The molecule has 3 rings (SSSR count). The Bertz CT molecular complexity index is 838. The van der Waals surface area contributed by atoms with Gasteiger partial charge in [-0.2, -0.15) is 0 Å². The lowest BCUT2D eigenvalue weighted by Crippen LogP contribution is -2.50. The van der Waals surface area contributed by atoms with Crippen LogP contribution in [-0.2, 0) is 17.9 Å². The van der Waals surface area contributed by atoms with Crippen LogP contribution in [0.3, 0.4) is 0 Å². The van der Waals surface area contributed by atoms with Gasteiger partial charge >= 0.3 is 0 Å². The zero-order valence-electron chi connectivity index (χ0n) is 19.1. The number of nitrogens with one attached hydrogen (secondary N) is 1. The standard InChI is InChI=1S/C25H35N3O2S/c1-19(27(2)17-21-10-11-24(31-4)23(16-21)30-3)25(29)26-22-12-14-28(15-13-22)18-20-8-6-5-7-9-20/h5-11,16,19,22H,12-15,17-18H2,1-4H3,(H,26,29). The first-order valence-electron chi connectivity index (χ1n) is 11.0. The number of rotatable bonds is 9. The summed E-state index contributed by atoms with van der Waals surface area (Å²) in [5.74, 6) is 0.995. The van der Waals surface area contributed by atoms with Crippen LogP contribution in [0.1, 0.15) is 30.9 Å². The van der Waals surface area contributed by atoms with Crippen LogP contribution in [0.4, 0.5) is 0 Å². The first-order valence-corrected chi connectivity index (χ1v) is 12.2. The van der Waals surface area contributed by atoms with Gasteiger partial charge in [0, 0.05) is 37.1 Å². The zero-order valence-corrected chi connectivity index (χ0v) is 20.0. The average Bonchev–Trinajstić information content (AvgIpc) is 2.80. The number of piperidine rings is 1. The van der Waals surface area contributed by atoms with E-state index in [9.17, 15) is 4.79 Å². The molecule has 0 bridgehead atoms. The van der Waals surface area contributed by atoms with Crippen LogP contribution < -0.4 is 10.1 Å². The van der Waals surface area contributed by atoms with Gasteiger partial charge in [0.2, 0.25) is 5.91 Å². The van der Waals surface area contributed by atoms with Crippen LogP contribution in [0.15, 0.2) is 53.4 Å². The van der Waals surface area contributed by atoms with Crippen molar-refractivity contribution in [3.05, 3.63) is 59.7 Å². The lowest BCUT2D eigenvalue weighted by atomic mass is 10.0. The molecule has 0 aromatic heterocycles. The quantitative estimate of drug-likeness (QED) is 0.596. The second-order valence-corrected chi connectivity index (χ2v) is 9.17. The van der Waals surface area contributed by atoms with E-state index < -0.39 is 0 Å². The van der Waals surface area contributed by atoms with E-state index in [1.54, 1.807) is 18.9 Å². The molecule has 1 unspecified atom stereocenters. The number of ether oxygens (including phenoxy) is 1. The number of benzene rings is 2. The van der Waals surface area contributed by atoms with Crippen LogP contribution in [0.2, 0.25) is 0 Å². The third-order valence-corrected chi connectivity index (χ3v) is 6.88. The van der Waals surface area contributed by atoms with Crippen LogP contribution in [0, 0.1) is 0 Å². The summed E-state index contributed by atoms with van der Waals surface area (Å²) < 4.78 is 5.49. The average molecular weight is 442 g/mol. The SMILES string of the molecule is COc1cc(CN(C)C(C)C(=O)NC2CCN(Cc3ccccc3)CC2)ccc1SC. The van der Waals surface area contributed by atoms with Gasteiger partial charge in [-0.15, -0.1) is 11.8 Å². The molecule has 0 aliphatic carbocycles. The van der Waals surface area contributed by atoms with Crippen molar-refractivity contribution in [2.75, 3.05) is 33.5 Å². The molecule has 5 nitrogen and oxygen atoms in total. The van der Waals surface area contributed by atoms with Gasteiger partial charge in [0.15, 0.2) is 0 Å². The van der Waals surface area contributed by atoms with Crippen LogP contribution >= 0.6 is 11.8 Å². The van der Waals surface area contributed by atoms with E-state index >= 15 is 0 Å². The van der Waals surface area contributed by atoms with Gasteiger partial charge in [-0.1, -0.05) is 36.4 Å². The Kier molecular flexibility index (Phi) is 8.81. The predicted molar refractivity (Wildman–Crippen MR) is 129 cm³/mol. The monoisotopic (exact) mass is 441 g/mol. The number of likely N-dealkylation sites (tertiary alicyclic amines) is 1. The molecular formula is C25H35N3O2S. The number of thioether (sulfide) groups is 1. The van der Waals surface area contributed by atoms with E-state index in [2.05, 4.69) is 63.6 Å². The van der Waals surface area contributed by atoms with Crippen LogP contribution in [0.5, 0.6) is 5.75 Å². The molecule has 2 aromatic rings. The van der Waals surface area contributed by atoms with Crippen molar-refractivity contribution in [2.24, 2.45) is 0 Å². The van der Waals surface area contributed by atoms with Gasteiger partial charge in [-0.05, 0) is 56.3 Å². The molecule has 2 aromatic carbocycles. The number of carbonyl (C=O) groups excluding carboxylic acids is 1. The molecule has 6 heteroatoms. The third-order valence-electron chi connectivity index (χ3n) is 6.10. The molecule has 0 radical (unpaired) electrons. The van der Waals surface area contributed by atoms with E-state index in [-0.39, 0.29) is 18.0 Å². The van der Waals surface area contributed by atoms with Crippen molar-refractivity contribution < 1.29 is 9.53 Å². The number of amides is 1. The van der Waals surface area contributed by atoms with E-state index in [1.165, 1.54) is 5.56 Å². The molecule has 1 heterocycles. The summed E-state index contributed by atoms with van der Waals surface area (Å²) >= 11 is 1.67. The van der Waals surface area contributed by atoms with Crippen molar-refractivity contribution >= 4 is 17.7 Å². The highest BCUT2D eigenvalue weighted by Gasteiger charge is 2.24. The number of likely N-dealkylation sites (N-methyl/N-ethyl adjacent to an activating group) is 1. The molecule has 168 valence electrons. The zero-order chi connectivity index (χ0) is 22.2. The van der Waals surface area contributed by atoms with Crippen molar-refractivity contribution in [2.45, 2.75) is 49.8 Å². The summed E-state index contributed by atoms with van der Waals surface area (Å²) in [6.07, 6.45) is 4.05. The van der Waals surface area contributed by atoms with Gasteiger partial charge in [0.25, 0.3) is 0 Å². The second kappa shape index (κ2) is 11.6. The maximum atomic E-state index is 12.8. The number of nitrogens with zero attached hydrogens (tertiary/aromatic N) is 2. The fourth-order valence-electron chi connectivity index (χ4n) is 4.00. The highest BCUT2D eigenvalue weighted by atomic mass is 32.2. The number of carbonyl (C=O) groups is 1. The van der Waals surface area contributed by atoms with E-state index in [1.807, 2.05) is 20.2 Å². The highest BCUT2D eigenvalue weighted by Crippen LogP contribution is 2.28. The number of hydrogen-bond acceptors (Lipinski definition) is 5. The Morgan fingerprint density at radius 1 is 1.19 bits per heavy atom.